The van der Waals surface area contributed by atoms with Crippen molar-refractivity contribution in [3.05, 3.63) is 59.5 Å². The molecule has 1 saturated carbocycles. The molecule has 1 aromatic carbocycles. The van der Waals surface area contributed by atoms with E-state index in [2.05, 4.69) is 26.5 Å². The van der Waals surface area contributed by atoms with Crippen LogP contribution in [0.2, 0.25) is 0 Å². The van der Waals surface area contributed by atoms with E-state index in [0.717, 1.165) is 28.2 Å². The first-order valence-electron chi connectivity index (χ1n) is 8.69. The van der Waals surface area contributed by atoms with Gasteiger partial charge in [0.2, 0.25) is 0 Å². The summed E-state index contributed by atoms with van der Waals surface area (Å²) in [5, 5.41) is 24.0. The second kappa shape index (κ2) is 6.76. The number of carboxylic acids is 1. The number of hydrogen-bond donors (Lipinski definition) is 3. The lowest BCUT2D eigenvalue weighted by Crippen LogP contribution is -2.30. The molecule has 0 saturated heterocycles. The summed E-state index contributed by atoms with van der Waals surface area (Å²) in [5.74, 6) is -0.292. The molecule has 134 valence electrons. The van der Waals surface area contributed by atoms with Crippen LogP contribution in [0.4, 0.5) is 0 Å². The molecular weight excluding hydrogens is 330 g/mol. The van der Waals surface area contributed by atoms with Crippen molar-refractivity contribution < 1.29 is 9.90 Å². The monoisotopic (exact) mass is 351 g/mol. The average molecular weight is 351 g/mol. The van der Waals surface area contributed by atoms with Crippen molar-refractivity contribution in [1.29, 1.82) is 0 Å². The number of nitrogens with one attached hydrogen (secondary N) is 2. The second-order valence-corrected chi connectivity index (χ2v) is 6.84. The molecule has 1 aliphatic rings. The summed E-state index contributed by atoms with van der Waals surface area (Å²) in [6.07, 6.45) is 4.08. The number of aliphatic carboxylic acids is 1. The highest BCUT2D eigenvalue weighted by Gasteiger charge is 2.28. The van der Waals surface area contributed by atoms with E-state index in [9.17, 15) is 9.90 Å². The largest absolute Gasteiger partial charge is 0.480 e. The van der Waals surface area contributed by atoms with Crippen LogP contribution in [0, 0.1) is 0 Å². The van der Waals surface area contributed by atoms with Crippen LogP contribution in [0.5, 0.6) is 0 Å². The van der Waals surface area contributed by atoms with E-state index < -0.39 is 12.0 Å². The van der Waals surface area contributed by atoms with Crippen LogP contribution in [-0.4, -0.2) is 43.4 Å². The van der Waals surface area contributed by atoms with E-state index in [4.69, 9.17) is 0 Å². The molecule has 0 radical (unpaired) electrons. The topological polar surface area (TPSA) is 97.9 Å². The SMILES string of the molecule is CN(Cc1cc(C2CC2)n[nH]1)C(C(=O)O)c1ccc(-c2ccn[nH]2)cc1. The van der Waals surface area contributed by atoms with Crippen molar-refractivity contribution in [1.82, 2.24) is 25.3 Å². The zero-order chi connectivity index (χ0) is 18.1. The predicted molar refractivity (Wildman–Crippen MR) is 96.4 cm³/mol. The molecule has 4 rings (SSSR count). The Morgan fingerprint density at radius 2 is 2.04 bits per heavy atom. The molecular formula is C19H21N5O2. The molecule has 0 aliphatic heterocycles. The minimum Gasteiger partial charge on any atom is -0.480 e. The van der Waals surface area contributed by atoms with E-state index in [1.165, 1.54) is 12.8 Å². The summed E-state index contributed by atoms with van der Waals surface area (Å²) < 4.78 is 0. The molecule has 1 aliphatic carbocycles. The number of aromatic amines is 2. The summed E-state index contributed by atoms with van der Waals surface area (Å²) in [4.78, 5) is 13.7. The summed E-state index contributed by atoms with van der Waals surface area (Å²) in [5.41, 5.74) is 4.65. The van der Waals surface area contributed by atoms with Gasteiger partial charge in [0.15, 0.2) is 0 Å². The third-order valence-electron chi connectivity index (χ3n) is 4.78. The van der Waals surface area contributed by atoms with E-state index >= 15 is 0 Å². The molecule has 0 spiro atoms. The number of hydrogen-bond acceptors (Lipinski definition) is 4. The van der Waals surface area contributed by atoms with Crippen LogP contribution in [-0.2, 0) is 11.3 Å². The fourth-order valence-corrected chi connectivity index (χ4v) is 3.26. The Morgan fingerprint density at radius 3 is 2.65 bits per heavy atom. The highest BCUT2D eigenvalue weighted by molar-refractivity contribution is 5.76. The molecule has 2 aromatic heterocycles. The highest BCUT2D eigenvalue weighted by Crippen LogP contribution is 2.39. The van der Waals surface area contributed by atoms with E-state index in [1.54, 1.807) is 6.20 Å². The van der Waals surface area contributed by atoms with Gasteiger partial charge in [0.25, 0.3) is 0 Å². The zero-order valence-corrected chi connectivity index (χ0v) is 14.5. The number of aromatic nitrogens is 4. The smallest absolute Gasteiger partial charge is 0.325 e. The lowest BCUT2D eigenvalue weighted by molar-refractivity contribution is -0.143. The molecule has 3 aromatic rings. The lowest BCUT2D eigenvalue weighted by atomic mass is 10.0. The molecule has 3 N–H and O–H groups in total. The quantitative estimate of drug-likeness (QED) is 0.608. The van der Waals surface area contributed by atoms with Gasteiger partial charge >= 0.3 is 5.97 Å². The molecule has 7 heteroatoms. The molecule has 1 unspecified atom stereocenters. The number of likely N-dealkylation sites (N-methyl/N-ethyl adjacent to an activating group) is 1. The van der Waals surface area contributed by atoms with Crippen LogP contribution in [0.3, 0.4) is 0 Å². The number of rotatable bonds is 7. The summed E-state index contributed by atoms with van der Waals surface area (Å²) in [6.45, 7) is 0.499. The molecule has 1 fully saturated rings. The molecule has 7 nitrogen and oxygen atoms in total. The maximum Gasteiger partial charge on any atom is 0.325 e. The van der Waals surface area contributed by atoms with E-state index in [1.807, 2.05) is 42.3 Å². The van der Waals surface area contributed by atoms with Crippen LogP contribution in [0.25, 0.3) is 11.3 Å². The lowest BCUT2D eigenvalue weighted by Gasteiger charge is -2.24. The van der Waals surface area contributed by atoms with Crippen LogP contribution < -0.4 is 0 Å². The van der Waals surface area contributed by atoms with Gasteiger partial charge in [0.05, 0.1) is 11.4 Å². The van der Waals surface area contributed by atoms with Crippen LogP contribution in [0.15, 0.2) is 42.6 Å². The van der Waals surface area contributed by atoms with Crippen LogP contribution in [0.1, 0.15) is 41.8 Å². The Balaban J connectivity index is 1.51. The van der Waals surface area contributed by atoms with Crippen molar-refractivity contribution in [2.45, 2.75) is 31.3 Å². The number of carboxylic acid groups (broad SMARTS) is 1. The van der Waals surface area contributed by atoms with Gasteiger partial charge in [-0.25, -0.2) is 0 Å². The number of H-pyrrole nitrogens is 2. The molecule has 1 atom stereocenters. The minimum atomic E-state index is -0.872. The Labute approximate surface area is 151 Å². The third-order valence-corrected chi connectivity index (χ3v) is 4.78. The maximum absolute atomic E-state index is 11.9. The van der Waals surface area contributed by atoms with Crippen molar-refractivity contribution in [2.75, 3.05) is 7.05 Å². The van der Waals surface area contributed by atoms with Crippen LogP contribution >= 0.6 is 0 Å². The normalized spacial score (nSPS) is 15.3. The third kappa shape index (κ3) is 3.39. The van der Waals surface area contributed by atoms with Gasteiger partial charge in [-0.15, -0.1) is 0 Å². The standard InChI is InChI=1S/C19H21N5O2/c1-24(11-15-10-17(23-21-15)13-2-3-13)18(19(25)26)14-6-4-12(5-7-14)16-8-9-20-22-16/h4-10,13,18H,2-3,11H2,1H3,(H,20,22)(H,21,23)(H,25,26). The van der Waals surface area contributed by atoms with E-state index in [-0.39, 0.29) is 0 Å². The second-order valence-electron chi connectivity index (χ2n) is 6.84. The Hall–Kier alpha value is -2.93. The summed E-state index contributed by atoms with van der Waals surface area (Å²) in [6, 6.07) is 10.7. The summed E-state index contributed by atoms with van der Waals surface area (Å²) >= 11 is 0. The predicted octanol–water partition coefficient (Wildman–Crippen LogP) is 2.93. The number of benzene rings is 1. The average Bonchev–Trinajstić information content (AvgIpc) is 3.13. The zero-order valence-electron chi connectivity index (χ0n) is 14.5. The molecule has 2 heterocycles. The van der Waals surface area contributed by atoms with Gasteiger partial charge in [-0.1, -0.05) is 24.3 Å². The van der Waals surface area contributed by atoms with Gasteiger partial charge in [-0.05, 0) is 43.1 Å². The molecule has 26 heavy (non-hydrogen) atoms. The Morgan fingerprint density at radius 1 is 1.27 bits per heavy atom. The Bertz CT molecular complexity index is 881. The van der Waals surface area contributed by atoms with Gasteiger partial charge < -0.3 is 5.11 Å². The summed E-state index contributed by atoms with van der Waals surface area (Å²) in [7, 11) is 1.82. The van der Waals surface area contributed by atoms with Crippen molar-refractivity contribution >= 4 is 5.97 Å². The highest BCUT2D eigenvalue weighted by atomic mass is 16.4. The minimum absolute atomic E-state index is 0.499. The number of carbonyl (C=O) groups is 1. The van der Waals surface area contributed by atoms with Gasteiger partial charge in [0, 0.05) is 24.4 Å². The Kier molecular flexibility index (Phi) is 4.30. The first kappa shape index (κ1) is 16.5. The van der Waals surface area contributed by atoms with Crippen molar-refractivity contribution in [2.24, 2.45) is 0 Å². The maximum atomic E-state index is 11.9. The first-order valence-corrected chi connectivity index (χ1v) is 8.69. The number of nitrogens with zero attached hydrogens (tertiary/aromatic N) is 3. The fraction of sp³-hybridized carbons (Fsp3) is 0.316. The van der Waals surface area contributed by atoms with Gasteiger partial charge in [-0.2, -0.15) is 10.2 Å². The fourth-order valence-electron chi connectivity index (χ4n) is 3.26. The van der Waals surface area contributed by atoms with Gasteiger partial charge in [0.1, 0.15) is 6.04 Å². The molecule has 0 amide bonds. The molecule has 0 bridgehead atoms. The first-order chi connectivity index (χ1) is 12.6. The van der Waals surface area contributed by atoms with Crippen molar-refractivity contribution in [3.8, 4) is 11.3 Å². The van der Waals surface area contributed by atoms with Crippen molar-refractivity contribution in [3.63, 3.8) is 0 Å². The van der Waals surface area contributed by atoms with Gasteiger partial charge in [-0.3, -0.25) is 19.9 Å². The van der Waals surface area contributed by atoms with E-state index in [0.29, 0.717) is 12.5 Å².